The largest absolute Gasteiger partial charge is 0.497 e. The number of carbonyl (C=O) groups excluding carboxylic acids is 1. The van der Waals surface area contributed by atoms with Gasteiger partial charge >= 0.3 is 0 Å². The lowest BCUT2D eigenvalue weighted by Gasteiger charge is -2.12. The molecule has 144 valence electrons. The van der Waals surface area contributed by atoms with Gasteiger partial charge in [0.25, 0.3) is 5.91 Å². The van der Waals surface area contributed by atoms with Crippen LogP contribution in [0, 0.1) is 0 Å². The summed E-state index contributed by atoms with van der Waals surface area (Å²) < 4.78 is 38.0. The number of anilines is 1. The fourth-order valence-electron chi connectivity index (χ4n) is 2.77. The molecule has 1 heterocycles. The molecule has 0 radical (unpaired) electrons. The van der Waals surface area contributed by atoms with Crippen LogP contribution in [-0.4, -0.2) is 40.7 Å². The van der Waals surface area contributed by atoms with Crippen molar-refractivity contribution in [2.24, 2.45) is 0 Å². The quantitative estimate of drug-likeness (QED) is 0.757. The predicted molar refractivity (Wildman–Crippen MR) is 102 cm³/mol. The second-order valence-electron chi connectivity index (χ2n) is 6.20. The highest BCUT2D eigenvalue weighted by atomic mass is 32.2. The highest BCUT2D eigenvalue weighted by Crippen LogP contribution is 2.18. The Morgan fingerprint density at radius 2 is 2.00 bits per heavy atom. The number of rotatable bonds is 7. The van der Waals surface area contributed by atoms with Crippen molar-refractivity contribution in [3.63, 3.8) is 0 Å². The van der Waals surface area contributed by atoms with Crippen LogP contribution in [0.2, 0.25) is 0 Å². The van der Waals surface area contributed by atoms with Gasteiger partial charge in [0.2, 0.25) is 10.0 Å². The van der Waals surface area contributed by atoms with Crippen LogP contribution >= 0.6 is 0 Å². The van der Waals surface area contributed by atoms with Crippen LogP contribution in [-0.2, 0) is 14.8 Å². The Morgan fingerprint density at radius 1 is 1.22 bits per heavy atom. The first-order valence-corrected chi connectivity index (χ1v) is 10.1. The lowest BCUT2D eigenvalue weighted by atomic mass is 10.2. The van der Waals surface area contributed by atoms with Gasteiger partial charge < -0.3 is 14.8 Å². The summed E-state index contributed by atoms with van der Waals surface area (Å²) in [4.78, 5) is 12.5. The fraction of sp³-hybridized carbons (Fsp3) is 0.316. The average Bonchev–Trinajstić information content (AvgIpc) is 3.21. The van der Waals surface area contributed by atoms with Gasteiger partial charge in [0.05, 0.1) is 18.1 Å². The van der Waals surface area contributed by atoms with E-state index in [9.17, 15) is 13.2 Å². The highest BCUT2D eigenvalue weighted by molar-refractivity contribution is 7.89. The van der Waals surface area contributed by atoms with E-state index in [0.29, 0.717) is 18.0 Å². The van der Waals surface area contributed by atoms with Gasteiger partial charge in [0, 0.05) is 24.4 Å². The molecule has 3 rings (SSSR count). The molecule has 8 heteroatoms. The third-order valence-corrected chi connectivity index (χ3v) is 5.70. The third kappa shape index (κ3) is 5.06. The Hall–Kier alpha value is -2.42. The first kappa shape index (κ1) is 19.3. The molecule has 1 amide bonds. The smallest absolute Gasteiger partial charge is 0.255 e. The van der Waals surface area contributed by atoms with Crippen molar-refractivity contribution in [1.82, 2.24) is 4.72 Å². The molecule has 2 N–H and O–H groups in total. The van der Waals surface area contributed by atoms with Crippen molar-refractivity contribution in [1.29, 1.82) is 0 Å². The predicted octanol–water partition coefficient (Wildman–Crippen LogP) is 2.40. The third-order valence-electron chi connectivity index (χ3n) is 4.28. The summed E-state index contributed by atoms with van der Waals surface area (Å²) in [5, 5.41) is 2.74. The maximum Gasteiger partial charge on any atom is 0.255 e. The first-order valence-electron chi connectivity index (χ1n) is 8.65. The second kappa shape index (κ2) is 8.51. The molecule has 0 bridgehead atoms. The lowest BCUT2D eigenvalue weighted by molar-refractivity contribution is 0.102. The average molecular weight is 390 g/mol. The Balaban J connectivity index is 1.68. The number of hydrogen-bond acceptors (Lipinski definition) is 5. The summed E-state index contributed by atoms with van der Waals surface area (Å²) >= 11 is 0. The lowest BCUT2D eigenvalue weighted by Crippen LogP contribution is -2.32. The van der Waals surface area contributed by atoms with Crippen LogP contribution in [0.15, 0.2) is 53.4 Å². The van der Waals surface area contributed by atoms with Gasteiger partial charge in [-0.2, -0.15) is 0 Å². The second-order valence-corrected chi connectivity index (χ2v) is 7.96. The molecule has 27 heavy (non-hydrogen) atoms. The summed E-state index contributed by atoms with van der Waals surface area (Å²) in [6.07, 6.45) is 1.68. The van der Waals surface area contributed by atoms with Gasteiger partial charge in [0.15, 0.2) is 0 Å². The normalized spacial score (nSPS) is 16.9. The van der Waals surface area contributed by atoms with Crippen LogP contribution in [0.1, 0.15) is 23.2 Å². The first-order chi connectivity index (χ1) is 13.0. The van der Waals surface area contributed by atoms with Gasteiger partial charge in [0.1, 0.15) is 5.75 Å². The zero-order valence-electron chi connectivity index (χ0n) is 15.0. The molecule has 1 saturated heterocycles. The van der Waals surface area contributed by atoms with E-state index >= 15 is 0 Å². The molecule has 0 aromatic heterocycles. The number of ether oxygens (including phenoxy) is 2. The molecule has 1 unspecified atom stereocenters. The number of benzene rings is 2. The van der Waals surface area contributed by atoms with Gasteiger partial charge in [-0.05, 0) is 55.3 Å². The van der Waals surface area contributed by atoms with Crippen LogP contribution in [0.5, 0.6) is 5.75 Å². The van der Waals surface area contributed by atoms with Crippen molar-refractivity contribution >= 4 is 21.6 Å². The number of hydrogen-bond donors (Lipinski definition) is 2. The minimum Gasteiger partial charge on any atom is -0.497 e. The highest BCUT2D eigenvalue weighted by Gasteiger charge is 2.21. The molecule has 0 spiro atoms. The van der Waals surface area contributed by atoms with Gasteiger partial charge in [-0.15, -0.1) is 0 Å². The van der Waals surface area contributed by atoms with Gasteiger partial charge in [-0.25, -0.2) is 13.1 Å². The molecule has 0 aliphatic carbocycles. The van der Waals surface area contributed by atoms with E-state index in [-0.39, 0.29) is 23.1 Å². The molecule has 1 atom stereocenters. The molecular weight excluding hydrogens is 368 g/mol. The van der Waals surface area contributed by atoms with E-state index in [2.05, 4.69) is 10.0 Å². The fourth-order valence-corrected chi connectivity index (χ4v) is 3.89. The topological polar surface area (TPSA) is 93.7 Å². The summed E-state index contributed by atoms with van der Waals surface area (Å²) in [5.74, 6) is 0.287. The Morgan fingerprint density at radius 3 is 2.67 bits per heavy atom. The monoisotopic (exact) mass is 390 g/mol. The molecular formula is C19H22N2O5S. The van der Waals surface area contributed by atoms with E-state index in [0.717, 1.165) is 12.8 Å². The van der Waals surface area contributed by atoms with Crippen molar-refractivity contribution in [3.05, 3.63) is 54.1 Å². The van der Waals surface area contributed by atoms with Crippen molar-refractivity contribution < 1.29 is 22.7 Å². The van der Waals surface area contributed by atoms with Crippen molar-refractivity contribution in [3.8, 4) is 5.75 Å². The number of amides is 1. The number of methoxy groups -OCH3 is 1. The van der Waals surface area contributed by atoms with Crippen LogP contribution in [0.3, 0.4) is 0 Å². The molecule has 0 saturated carbocycles. The maximum absolute atomic E-state index is 12.5. The molecule has 1 fully saturated rings. The number of nitrogens with one attached hydrogen (secondary N) is 2. The maximum atomic E-state index is 12.5. The van der Waals surface area contributed by atoms with E-state index < -0.39 is 15.9 Å². The van der Waals surface area contributed by atoms with Crippen LogP contribution < -0.4 is 14.8 Å². The summed E-state index contributed by atoms with van der Waals surface area (Å²) in [6, 6.07) is 12.8. The molecule has 1 aliphatic heterocycles. The summed E-state index contributed by atoms with van der Waals surface area (Å²) in [7, 11) is -2.15. The minimum atomic E-state index is -3.71. The van der Waals surface area contributed by atoms with E-state index in [1.54, 1.807) is 43.5 Å². The Bertz CT molecular complexity index is 891. The van der Waals surface area contributed by atoms with Crippen molar-refractivity contribution in [2.75, 3.05) is 25.6 Å². The van der Waals surface area contributed by atoms with E-state index in [1.165, 1.54) is 12.1 Å². The summed E-state index contributed by atoms with van der Waals surface area (Å²) in [6.45, 7) is 0.887. The van der Waals surface area contributed by atoms with Crippen LogP contribution in [0.25, 0.3) is 0 Å². The van der Waals surface area contributed by atoms with E-state index in [4.69, 9.17) is 9.47 Å². The number of sulfonamides is 1. The zero-order chi connectivity index (χ0) is 19.3. The number of carbonyl (C=O) groups is 1. The standard InChI is InChI=1S/C19H22N2O5S/c1-25-16-9-7-15(8-10-16)21-19(22)14-4-2-6-18(12-14)27(23,24)20-13-17-5-3-11-26-17/h2,4,6-10,12,17,20H,3,5,11,13H2,1H3,(H,21,22). The van der Waals surface area contributed by atoms with E-state index in [1.807, 2.05) is 0 Å². The molecule has 2 aromatic carbocycles. The van der Waals surface area contributed by atoms with Gasteiger partial charge in [-0.1, -0.05) is 6.07 Å². The molecule has 7 nitrogen and oxygen atoms in total. The molecule has 2 aromatic rings. The minimum absolute atomic E-state index is 0.0443. The molecule has 1 aliphatic rings. The SMILES string of the molecule is COc1ccc(NC(=O)c2cccc(S(=O)(=O)NCC3CCCO3)c2)cc1. The summed E-state index contributed by atoms with van der Waals surface area (Å²) in [5.41, 5.74) is 0.844. The van der Waals surface area contributed by atoms with Gasteiger partial charge in [-0.3, -0.25) is 4.79 Å². The Kier molecular flexibility index (Phi) is 6.10. The Labute approximate surface area is 158 Å². The van der Waals surface area contributed by atoms with Crippen LogP contribution in [0.4, 0.5) is 5.69 Å². The van der Waals surface area contributed by atoms with Crippen molar-refractivity contribution in [2.45, 2.75) is 23.8 Å². The zero-order valence-corrected chi connectivity index (χ0v) is 15.8.